The molecule has 0 fully saturated rings. The molecule has 0 aliphatic rings. The molecule has 0 saturated carbocycles. The molecule has 8 nitrogen and oxygen atoms in total. The smallest absolute Gasteiger partial charge is 0.320 e. The quantitative estimate of drug-likeness (QED) is 0.498. The Kier molecular flexibility index (Phi) is 7.21. The molecular weight excluding hydrogens is 384 g/mol. The van der Waals surface area contributed by atoms with Crippen LogP contribution in [0, 0.1) is 0 Å². The Labute approximate surface area is 174 Å². The topological polar surface area (TPSA) is 102 Å². The van der Waals surface area contributed by atoms with Gasteiger partial charge in [0.1, 0.15) is 23.1 Å². The second-order valence-corrected chi connectivity index (χ2v) is 6.16. The highest BCUT2D eigenvalue weighted by Gasteiger charge is 2.06. The average Bonchev–Trinajstić information content (AvgIpc) is 2.78. The minimum Gasteiger partial charge on any atom is -0.497 e. The number of carbonyl (C=O) groups excluding carboxylic acids is 2. The maximum atomic E-state index is 12.0. The number of hydrogen-bond donors (Lipinski definition) is 3. The van der Waals surface area contributed by atoms with E-state index in [1.54, 1.807) is 43.5 Å². The lowest BCUT2D eigenvalue weighted by Crippen LogP contribution is -2.36. The normalized spacial score (nSPS) is 10.0. The number of nitrogens with one attached hydrogen (secondary N) is 3. The lowest BCUT2D eigenvalue weighted by Gasteiger charge is -2.09. The maximum absolute atomic E-state index is 12.0. The minimum absolute atomic E-state index is 0.226. The van der Waals surface area contributed by atoms with Crippen molar-refractivity contribution in [1.29, 1.82) is 0 Å². The average molecular weight is 406 g/mol. The molecule has 3 aromatic rings. The number of urea groups is 1. The van der Waals surface area contributed by atoms with E-state index < -0.39 is 6.03 Å². The Bertz CT molecular complexity index is 961. The van der Waals surface area contributed by atoms with Crippen LogP contribution in [0.25, 0.3) is 0 Å². The summed E-state index contributed by atoms with van der Waals surface area (Å²) in [5.74, 6) is 2.10. The van der Waals surface area contributed by atoms with Crippen LogP contribution in [0.4, 0.5) is 10.6 Å². The molecule has 0 unspecified atom stereocenters. The lowest BCUT2D eigenvalue weighted by atomic mass is 10.2. The SMILES string of the molecule is COc1ccc(C(=O)NCCNC(=O)Nc2ccc(Oc3ccccc3)cn2)cc1. The number of amides is 3. The molecule has 0 aliphatic carbocycles. The van der Waals surface area contributed by atoms with Gasteiger partial charge in [-0.3, -0.25) is 10.1 Å². The molecule has 0 aliphatic heterocycles. The predicted molar refractivity (Wildman–Crippen MR) is 113 cm³/mol. The number of methoxy groups -OCH3 is 1. The number of para-hydroxylation sites is 1. The van der Waals surface area contributed by atoms with E-state index in [0.29, 0.717) is 28.6 Å². The summed E-state index contributed by atoms with van der Waals surface area (Å²) >= 11 is 0. The van der Waals surface area contributed by atoms with Crippen LogP contribution in [0.15, 0.2) is 72.9 Å². The summed E-state index contributed by atoms with van der Waals surface area (Å²) in [5.41, 5.74) is 0.516. The first kappa shape index (κ1) is 20.7. The molecule has 0 bridgehead atoms. The molecule has 1 heterocycles. The largest absolute Gasteiger partial charge is 0.497 e. The van der Waals surface area contributed by atoms with E-state index >= 15 is 0 Å². The van der Waals surface area contributed by atoms with Crippen LogP contribution in [0.2, 0.25) is 0 Å². The van der Waals surface area contributed by atoms with Gasteiger partial charge < -0.3 is 20.1 Å². The fourth-order valence-corrected chi connectivity index (χ4v) is 2.50. The van der Waals surface area contributed by atoms with Crippen molar-refractivity contribution in [2.45, 2.75) is 0 Å². The number of aromatic nitrogens is 1. The molecule has 3 N–H and O–H groups in total. The molecular formula is C22H22N4O4. The van der Waals surface area contributed by atoms with Crippen molar-refractivity contribution in [3.05, 3.63) is 78.5 Å². The molecule has 3 rings (SSSR count). The number of ether oxygens (including phenoxy) is 2. The van der Waals surface area contributed by atoms with Crippen molar-refractivity contribution in [3.63, 3.8) is 0 Å². The van der Waals surface area contributed by atoms with E-state index in [4.69, 9.17) is 9.47 Å². The number of rotatable bonds is 8. The first-order valence-corrected chi connectivity index (χ1v) is 9.30. The highest BCUT2D eigenvalue weighted by atomic mass is 16.5. The van der Waals surface area contributed by atoms with Crippen molar-refractivity contribution in [2.75, 3.05) is 25.5 Å². The number of carbonyl (C=O) groups is 2. The van der Waals surface area contributed by atoms with Crippen molar-refractivity contribution >= 4 is 17.8 Å². The van der Waals surface area contributed by atoms with Gasteiger partial charge in [-0.2, -0.15) is 0 Å². The molecule has 154 valence electrons. The third kappa shape index (κ3) is 6.23. The highest BCUT2D eigenvalue weighted by Crippen LogP contribution is 2.20. The van der Waals surface area contributed by atoms with Crippen LogP contribution >= 0.6 is 0 Å². The summed E-state index contributed by atoms with van der Waals surface area (Å²) in [7, 11) is 1.56. The predicted octanol–water partition coefficient (Wildman–Crippen LogP) is 3.43. The van der Waals surface area contributed by atoms with E-state index in [9.17, 15) is 9.59 Å². The zero-order valence-corrected chi connectivity index (χ0v) is 16.4. The van der Waals surface area contributed by atoms with Gasteiger partial charge in [-0.25, -0.2) is 9.78 Å². The number of pyridine rings is 1. The van der Waals surface area contributed by atoms with Crippen LogP contribution in [0.5, 0.6) is 17.2 Å². The van der Waals surface area contributed by atoms with Gasteiger partial charge in [0, 0.05) is 18.7 Å². The van der Waals surface area contributed by atoms with Crippen molar-refractivity contribution < 1.29 is 19.1 Å². The van der Waals surface area contributed by atoms with E-state index in [0.717, 1.165) is 0 Å². The Morgan fingerprint density at radius 1 is 0.833 bits per heavy atom. The van der Waals surface area contributed by atoms with Gasteiger partial charge in [0.25, 0.3) is 5.91 Å². The van der Waals surface area contributed by atoms with Crippen molar-refractivity contribution in [1.82, 2.24) is 15.6 Å². The summed E-state index contributed by atoms with van der Waals surface area (Å²) in [5, 5.41) is 8.01. The molecule has 0 radical (unpaired) electrons. The minimum atomic E-state index is -0.419. The molecule has 30 heavy (non-hydrogen) atoms. The summed E-state index contributed by atoms with van der Waals surface area (Å²) in [6, 6.07) is 19.0. The second kappa shape index (κ2) is 10.5. The van der Waals surface area contributed by atoms with Crippen LogP contribution in [-0.2, 0) is 0 Å². The molecule has 0 atom stereocenters. The Hall–Kier alpha value is -4.07. The van der Waals surface area contributed by atoms with Crippen LogP contribution in [0.3, 0.4) is 0 Å². The molecule has 1 aromatic heterocycles. The van der Waals surface area contributed by atoms with Crippen LogP contribution < -0.4 is 25.4 Å². The van der Waals surface area contributed by atoms with Gasteiger partial charge >= 0.3 is 6.03 Å². The van der Waals surface area contributed by atoms with Gasteiger partial charge in [-0.15, -0.1) is 0 Å². The second-order valence-electron chi connectivity index (χ2n) is 6.16. The van der Waals surface area contributed by atoms with E-state index in [1.807, 2.05) is 30.3 Å². The van der Waals surface area contributed by atoms with E-state index in [1.165, 1.54) is 6.20 Å². The van der Waals surface area contributed by atoms with Gasteiger partial charge in [0.15, 0.2) is 0 Å². The highest BCUT2D eigenvalue weighted by molar-refractivity contribution is 5.94. The number of anilines is 1. The van der Waals surface area contributed by atoms with Gasteiger partial charge in [-0.1, -0.05) is 18.2 Å². The van der Waals surface area contributed by atoms with Crippen molar-refractivity contribution in [2.24, 2.45) is 0 Å². The monoisotopic (exact) mass is 406 g/mol. The van der Waals surface area contributed by atoms with Gasteiger partial charge in [0.2, 0.25) is 0 Å². The number of nitrogens with zero attached hydrogens (tertiary/aromatic N) is 1. The Morgan fingerprint density at radius 3 is 2.20 bits per heavy atom. The summed E-state index contributed by atoms with van der Waals surface area (Å²) in [4.78, 5) is 28.1. The molecule has 0 spiro atoms. The van der Waals surface area contributed by atoms with Crippen LogP contribution in [-0.4, -0.2) is 37.1 Å². The summed E-state index contributed by atoms with van der Waals surface area (Å²) in [6.45, 7) is 0.554. The molecule has 0 saturated heterocycles. The molecule has 2 aromatic carbocycles. The van der Waals surface area contributed by atoms with Crippen LogP contribution in [0.1, 0.15) is 10.4 Å². The number of benzene rings is 2. The van der Waals surface area contributed by atoms with Crippen molar-refractivity contribution in [3.8, 4) is 17.2 Å². The van der Waals surface area contributed by atoms with E-state index in [-0.39, 0.29) is 19.0 Å². The van der Waals surface area contributed by atoms with E-state index in [2.05, 4.69) is 20.9 Å². The third-order valence-electron chi connectivity index (χ3n) is 4.01. The first-order chi connectivity index (χ1) is 14.6. The zero-order chi connectivity index (χ0) is 21.2. The van der Waals surface area contributed by atoms with Gasteiger partial charge in [-0.05, 0) is 48.5 Å². The van der Waals surface area contributed by atoms with Gasteiger partial charge in [0.05, 0.1) is 13.3 Å². The Morgan fingerprint density at radius 2 is 1.53 bits per heavy atom. The molecule has 8 heteroatoms. The lowest BCUT2D eigenvalue weighted by molar-refractivity contribution is 0.0954. The third-order valence-corrected chi connectivity index (χ3v) is 4.01. The maximum Gasteiger partial charge on any atom is 0.320 e. The molecule has 3 amide bonds. The zero-order valence-electron chi connectivity index (χ0n) is 16.4. The summed E-state index contributed by atoms with van der Waals surface area (Å²) in [6.07, 6.45) is 1.53. The standard InChI is InChI=1S/C22H22N4O4/c1-29-17-9-7-16(8-10-17)21(27)23-13-14-24-22(28)26-20-12-11-19(15-25-20)30-18-5-3-2-4-6-18/h2-12,15H,13-14H2,1H3,(H,23,27)(H2,24,25,26,28). The fourth-order valence-electron chi connectivity index (χ4n) is 2.50. The fraction of sp³-hybridized carbons (Fsp3) is 0.136. The summed E-state index contributed by atoms with van der Waals surface area (Å²) < 4.78 is 10.7. The Balaban J connectivity index is 1.37. The number of hydrogen-bond acceptors (Lipinski definition) is 5. The first-order valence-electron chi connectivity index (χ1n) is 9.30.